The molecule has 1 amide bonds. The molecule has 0 aliphatic carbocycles. The van der Waals surface area contributed by atoms with Crippen LogP contribution in [0.3, 0.4) is 0 Å². The van der Waals surface area contributed by atoms with Gasteiger partial charge in [-0.1, -0.05) is 11.8 Å². The SMILES string of the molecule is CC(C)(C)OC(=O)NCc1nnc2n1NC(c1ccc(F)cc1)=CS2. The number of benzene rings is 1. The molecule has 0 spiro atoms. The molecule has 9 heteroatoms. The van der Waals surface area contributed by atoms with Crippen molar-refractivity contribution in [3.05, 3.63) is 46.9 Å². The lowest BCUT2D eigenvalue weighted by atomic mass is 10.2. The Morgan fingerprint density at radius 3 is 2.72 bits per heavy atom. The maximum atomic E-state index is 13.1. The van der Waals surface area contributed by atoms with Crippen molar-refractivity contribution in [1.29, 1.82) is 0 Å². The summed E-state index contributed by atoms with van der Waals surface area (Å²) in [6.45, 7) is 5.54. The van der Waals surface area contributed by atoms with Crippen molar-refractivity contribution in [3.63, 3.8) is 0 Å². The van der Waals surface area contributed by atoms with Gasteiger partial charge in [0.25, 0.3) is 0 Å². The molecule has 7 nitrogen and oxygen atoms in total. The molecule has 25 heavy (non-hydrogen) atoms. The fourth-order valence-corrected chi connectivity index (χ4v) is 2.85. The largest absolute Gasteiger partial charge is 0.444 e. The molecule has 2 N–H and O–H groups in total. The maximum Gasteiger partial charge on any atom is 0.408 e. The second kappa shape index (κ2) is 6.75. The van der Waals surface area contributed by atoms with Crippen LogP contribution < -0.4 is 10.7 Å². The summed E-state index contributed by atoms with van der Waals surface area (Å²) in [6.07, 6.45) is -0.525. The average Bonchev–Trinajstić information content (AvgIpc) is 2.94. The molecule has 0 fully saturated rings. The van der Waals surface area contributed by atoms with E-state index in [4.69, 9.17) is 4.74 Å². The third-order valence-corrected chi connectivity index (χ3v) is 3.99. The van der Waals surface area contributed by atoms with Crippen LogP contribution in [-0.2, 0) is 11.3 Å². The zero-order chi connectivity index (χ0) is 18.0. The lowest BCUT2D eigenvalue weighted by Gasteiger charge is -2.21. The summed E-state index contributed by atoms with van der Waals surface area (Å²) in [7, 11) is 0. The molecule has 1 aliphatic rings. The highest BCUT2D eigenvalue weighted by atomic mass is 32.2. The molecular weight excluding hydrogens is 345 g/mol. The van der Waals surface area contributed by atoms with E-state index in [9.17, 15) is 9.18 Å². The van der Waals surface area contributed by atoms with E-state index in [1.165, 1.54) is 23.9 Å². The highest BCUT2D eigenvalue weighted by molar-refractivity contribution is 8.02. The van der Waals surface area contributed by atoms with Gasteiger partial charge in [-0.05, 0) is 45.0 Å². The Labute approximate surface area is 148 Å². The summed E-state index contributed by atoms with van der Waals surface area (Å²) in [5.41, 5.74) is 4.22. The number of fused-ring (bicyclic) bond motifs is 1. The molecule has 1 aliphatic heterocycles. The van der Waals surface area contributed by atoms with Gasteiger partial charge in [-0.3, -0.25) is 5.43 Å². The van der Waals surface area contributed by atoms with E-state index in [1.807, 2.05) is 5.41 Å². The van der Waals surface area contributed by atoms with Gasteiger partial charge < -0.3 is 10.1 Å². The molecule has 1 aromatic carbocycles. The molecule has 0 bridgehead atoms. The minimum atomic E-state index is -0.569. The number of nitrogens with zero attached hydrogens (tertiary/aromatic N) is 3. The second-order valence-electron chi connectivity index (χ2n) is 6.36. The number of thioether (sulfide) groups is 1. The van der Waals surface area contributed by atoms with E-state index in [0.717, 1.165) is 11.3 Å². The van der Waals surface area contributed by atoms with Crippen molar-refractivity contribution in [2.24, 2.45) is 0 Å². The van der Waals surface area contributed by atoms with Crippen LogP contribution in [0, 0.1) is 5.82 Å². The van der Waals surface area contributed by atoms with Crippen molar-refractivity contribution >= 4 is 23.6 Å². The summed E-state index contributed by atoms with van der Waals surface area (Å²) in [4.78, 5) is 11.8. The molecule has 132 valence electrons. The van der Waals surface area contributed by atoms with Gasteiger partial charge in [0.15, 0.2) is 5.82 Å². The van der Waals surface area contributed by atoms with E-state index in [1.54, 1.807) is 37.6 Å². The Balaban J connectivity index is 1.68. The van der Waals surface area contributed by atoms with E-state index in [-0.39, 0.29) is 12.4 Å². The first-order chi connectivity index (χ1) is 11.8. The van der Waals surface area contributed by atoms with E-state index in [2.05, 4.69) is 20.9 Å². The standard InChI is InChI=1S/C16H18FN5O2S/c1-16(2,3)24-15(23)18-8-13-19-20-14-22(13)21-12(9-25-14)10-4-6-11(17)7-5-10/h4-7,9,21H,8H2,1-3H3,(H,18,23). The van der Waals surface area contributed by atoms with Crippen LogP contribution in [0.25, 0.3) is 5.70 Å². The van der Waals surface area contributed by atoms with Gasteiger partial charge in [-0.25, -0.2) is 13.9 Å². The molecule has 0 atom stereocenters. The number of halogens is 1. The van der Waals surface area contributed by atoms with Crippen molar-refractivity contribution < 1.29 is 13.9 Å². The molecule has 1 aromatic heterocycles. The average molecular weight is 363 g/mol. The molecule has 2 heterocycles. The van der Waals surface area contributed by atoms with Crippen LogP contribution in [0.4, 0.5) is 9.18 Å². The number of amides is 1. The fraction of sp³-hybridized carbons (Fsp3) is 0.312. The van der Waals surface area contributed by atoms with Gasteiger partial charge in [-0.15, -0.1) is 10.2 Å². The number of hydrogen-bond acceptors (Lipinski definition) is 6. The number of aromatic nitrogens is 3. The number of alkyl carbamates (subject to hydrolysis) is 1. The Hall–Kier alpha value is -2.55. The molecule has 0 unspecified atom stereocenters. The molecule has 2 aromatic rings. The summed E-state index contributed by atoms with van der Waals surface area (Å²) >= 11 is 1.39. The topological polar surface area (TPSA) is 81.1 Å². The normalized spacial score (nSPS) is 13.5. The number of hydrogen-bond donors (Lipinski definition) is 2. The quantitative estimate of drug-likeness (QED) is 0.872. The van der Waals surface area contributed by atoms with Gasteiger partial charge >= 0.3 is 6.09 Å². The second-order valence-corrected chi connectivity index (χ2v) is 7.19. The van der Waals surface area contributed by atoms with Gasteiger partial charge in [-0.2, -0.15) is 0 Å². The van der Waals surface area contributed by atoms with Crippen LogP contribution in [0.2, 0.25) is 0 Å². The Bertz CT molecular complexity index is 811. The Morgan fingerprint density at radius 1 is 1.32 bits per heavy atom. The summed E-state index contributed by atoms with van der Waals surface area (Å²) in [5.74, 6) is 0.237. The number of ether oxygens (including phenoxy) is 1. The lowest BCUT2D eigenvalue weighted by molar-refractivity contribution is 0.0522. The summed E-state index contributed by atoms with van der Waals surface area (Å²) in [6, 6.07) is 6.16. The molecule has 0 saturated carbocycles. The first-order valence-electron chi connectivity index (χ1n) is 7.63. The predicted molar refractivity (Wildman–Crippen MR) is 92.7 cm³/mol. The Kier molecular flexibility index (Phi) is 4.67. The van der Waals surface area contributed by atoms with Crippen LogP contribution in [-0.4, -0.2) is 26.6 Å². The number of nitrogens with one attached hydrogen (secondary N) is 2. The van der Waals surface area contributed by atoms with Crippen molar-refractivity contribution in [2.75, 3.05) is 5.43 Å². The summed E-state index contributed by atoms with van der Waals surface area (Å²) in [5, 5.41) is 13.3. The van der Waals surface area contributed by atoms with E-state index in [0.29, 0.717) is 11.0 Å². The van der Waals surface area contributed by atoms with Crippen LogP contribution in [0.1, 0.15) is 32.2 Å². The van der Waals surface area contributed by atoms with Crippen LogP contribution >= 0.6 is 11.8 Å². The lowest BCUT2D eigenvalue weighted by Crippen LogP contribution is -2.33. The fourth-order valence-electron chi connectivity index (χ4n) is 2.09. The summed E-state index contributed by atoms with van der Waals surface area (Å²) < 4.78 is 20.0. The van der Waals surface area contributed by atoms with Crippen LogP contribution in [0.5, 0.6) is 0 Å². The van der Waals surface area contributed by atoms with Gasteiger partial charge in [0.1, 0.15) is 11.4 Å². The van der Waals surface area contributed by atoms with Gasteiger partial charge in [0.05, 0.1) is 12.2 Å². The first-order valence-corrected chi connectivity index (χ1v) is 8.51. The highest BCUT2D eigenvalue weighted by Crippen LogP contribution is 2.28. The third kappa shape index (κ3) is 4.30. The first kappa shape index (κ1) is 17.3. The smallest absolute Gasteiger partial charge is 0.408 e. The predicted octanol–water partition coefficient (Wildman–Crippen LogP) is 3.09. The van der Waals surface area contributed by atoms with Crippen molar-refractivity contribution in [3.8, 4) is 0 Å². The minimum Gasteiger partial charge on any atom is -0.444 e. The van der Waals surface area contributed by atoms with Crippen molar-refractivity contribution in [1.82, 2.24) is 20.2 Å². The number of carbonyl (C=O) groups is 1. The molecule has 3 rings (SSSR count). The van der Waals surface area contributed by atoms with Gasteiger partial charge in [0.2, 0.25) is 5.16 Å². The monoisotopic (exact) mass is 363 g/mol. The van der Waals surface area contributed by atoms with Gasteiger partial charge in [0, 0.05) is 11.0 Å². The van der Waals surface area contributed by atoms with E-state index >= 15 is 0 Å². The molecular formula is C16H18FN5O2S. The maximum absolute atomic E-state index is 13.1. The molecule has 0 saturated heterocycles. The van der Waals surface area contributed by atoms with E-state index < -0.39 is 11.7 Å². The zero-order valence-electron chi connectivity index (χ0n) is 14.0. The number of carbonyl (C=O) groups excluding carboxylic acids is 1. The zero-order valence-corrected chi connectivity index (χ0v) is 14.9. The minimum absolute atomic E-state index is 0.159. The number of rotatable bonds is 3. The van der Waals surface area contributed by atoms with Crippen LogP contribution in [0.15, 0.2) is 34.8 Å². The van der Waals surface area contributed by atoms with Crippen molar-refractivity contribution in [2.45, 2.75) is 38.1 Å². The Morgan fingerprint density at radius 2 is 2.04 bits per heavy atom. The third-order valence-electron chi connectivity index (χ3n) is 3.16. The molecule has 0 radical (unpaired) electrons. The highest BCUT2D eigenvalue weighted by Gasteiger charge is 2.20.